The van der Waals surface area contributed by atoms with Gasteiger partial charge >= 0.3 is 0 Å². The molecule has 5 atom stereocenters. The van der Waals surface area contributed by atoms with Gasteiger partial charge < -0.3 is 42.6 Å². The standard InChI is InChI=1S/C54H57ClO10/c1-6-62-47-26-7-36(8-27-47)29-42-30-41(17-28-49(42)55)50-51(56)48(35-61-31-37-9-18-43(57-2)19-10-37)52(63-32-38-11-20-44(58-3)21-12-38)54(65-34-40-15-24-46(60-5)25-16-40)53(50)64-33-39-13-22-45(59-4)23-14-39/h7-28,30,48,50,52-54H,6,29,31-35H2,1-5H3/t48-,50+,52+,53-,54-/m0/s1. The first-order valence-corrected chi connectivity index (χ1v) is 22.1. The van der Waals surface area contributed by atoms with E-state index in [-0.39, 0.29) is 38.8 Å². The molecular formula is C54H57ClO10. The second kappa shape index (κ2) is 23.3. The topological polar surface area (TPSA) is 100 Å². The van der Waals surface area contributed by atoms with Gasteiger partial charge in [-0.25, -0.2) is 0 Å². The molecule has 0 aliphatic heterocycles. The Kier molecular flexibility index (Phi) is 16.9. The first kappa shape index (κ1) is 47.1. The summed E-state index contributed by atoms with van der Waals surface area (Å²) in [6, 6.07) is 44.6. The van der Waals surface area contributed by atoms with Crippen LogP contribution in [0.5, 0.6) is 28.7 Å². The molecule has 1 aliphatic rings. The Morgan fingerprint density at radius 1 is 0.477 bits per heavy atom. The second-order valence-electron chi connectivity index (χ2n) is 15.8. The lowest BCUT2D eigenvalue weighted by molar-refractivity contribution is -0.200. The van der Waals surface area contributed by atoms with E-state index in [0.29, 0.717) is 18.1 Å². The third kappa shape index (κ3) is 12.5. The molecule has 0 amide bonds. The van der Waals surface area contributed by atoms with E-state index in [4.69, 9.17) is 54.2 Å². The molecule has 0 heterocycles. The van der Waals surface area contributed by atoms with Crippen LogP contribution in [0.3, 0.4) is 0 Å². The molecule has 65 heavy (non-hydrogen) atoms. The smallest absolute Gasteiger partial charge is 0.151 e. The van der Waals surface area contributed by atoms with Gasteiger partial charge in [0.05, 0.1) is 86.0 Å². The normalized spacial score (nSPS) is 18.2. The number of ether oxygens (including phenoxy) is 9. The Labute approximate surface area is 387 Å². The fourth-order valence-electron chi connectivity index (χ4n) is 8.06. The van der Waals surface area contributed by atoms with Crippen LogP contribution < -0.4 is 23.7 Å². The van der Waals surface area contributed by atoms with Crippen LogP contribution >= 0.6 is 11.6 Å². The van der Waals surface area contributed by atoms with Gasteiger partial charge in [-0.05, 0) is 119 Å². The van der Waals surface area contributed by atoms with Crippen molar-refractivity contribution in [3.63, 3.8) is 0 Å². The van der Waals surface area contributed by atoms with Crippen molar-refractivity contribution < 1.29 is 47.4 Å². The molecule has 0 radical (unpaired) electrons. The first-order valence-electron chi connectivity index (χ1n) is 21.8. The minimum Gasteiger partial charge on any atom is -0.497 e. The Morgan fingerprint density at radius 3 is 1.35 bits per heavy atom. The highest BCUT2D eigenvalue weighted by molar-refractivity contribution is 6.31. The summed E-state index contributed by atoms with van der Waals surface area (Å²) in [5.74, 6) is 2.09. The molecule has 7 rings (SSSR count). The van der Waals surface area contributed by atoms with Gasteiger partial charge in [0.1, 0.15) is 41.0 Å². The Hall–Kier alpha value is -5.88. The summed E-state index contributed by atoms with van der Waals surface area (Å²) in [5.41, 5.74) is 6.33. The number of rotatable bonds is 22. The second-order valence-corrected chi connectivity index (χ2v) is 16.2. The Morgan fingerprint density at radius 2 is 0.892 bits per heavy atom. The molecule has 0 spiro atoms. The highest BCUT2D eigenvalue weighted by atomic mass is 35.5. The molecule has 0 bridgehead atoms. The Balaban J connectivity index is 1.29. The number of Topliss-reactive ketones (excluding diaryl/α,β-unsaturated/α-hetero) is 1. The van der Waals surface area contributed by atoms with Crippen LogP contribution in [0.1, 0.15) is 51.8 Å². The molecule has 11 heteroatoms. The molecule has 1 fully saturated rings. The van der Waals surface area contributed by atoms with E-state index in [9.17, 15) is 0 Å². The number of carbonyl (C=O) groups excluding carboxylic acids is 1. The van der Waals surface area contributed by atoms with Crippen molar-refractivity contribution in [3.05, 3.63) is 183 Å². The van der Waals surface area contributed by atoms with Gasteiger partial charge in [-0.1, -0.05) is 84.4 Å². The van der Waals surface area contributed by atoms with Crippen LogP contribution in [0.2, 0.25) is 5.02 Å². The fourth-order valence-corrected chi connectivity index (χ4v) is 8.25. The third-order valence-corrected chi connectivity index (χ3v) is 12.0. The molecule has 0 saturated heterocycles. The van der Waals surface area contributed by atoms with E-state index < -0.39 is 30.1 Å². The van der Waals surface area contributed by atoms with Gasteiger partial charge in [0.25, 0.3) is 0 Å². The zero-order valence-corrected chi connectivity index (χ0v) is 38.3. The molecule has 6 aromatic carbocycles. The summed E-state index contributed by atoms with van der Waals surface area (Å²) in [6.45, 7) is 3.47. The van der Waals surface area contributed by atoms with E-state index in [1.54, 1.807) is 28.4 Å². The lowest BCUT2D eigenvalue weighted by Crippen LogP contribution is -2.59. The van der Waals surface area contributed by atoms with Crippen LogP contribution in [0.4, 0.5) is 0 Å². The molecule has 0 aromatic heterocycles. The van der Waals surface area contributed by atoms with Crippen LogP contribution in [0.25, 0.3) is 0 Å². The molecule has 6 aromatic rings. The molecule has 10 nitrogen and oxygen atoms in total. The number of halogens is 1. The van der Waals surface area contributed by atoms with Crippen LogP contribution in [0.15, 0.2) is 140 Å². The molecular weight excluding hydrogens is 844 g/mol. The van der Waals surface area contributed by atoms with Crippen LogP contribution in [-0.2, 0) is 56.6 Å². The number of carbonyl (C=O) groups is 1. The average Bonchev–Trinajstić information content (AvgIpc) is 3.35. The summed E-state index contributed by atoms with van der Waals surface area (Å²) in [6.07, 6.45) is -1.81. The highest BCUT2D eigenvalue weighted by Gasteiger charge is 2.53. The minimum atomic E-state index is -0.805. The van der Waals surface area contributed by atoms with Crippen molar-refractivity contribution in [2.24, 2.45) is 5.92 Å². The first-order chi connectivity index (χ1) is 31.8. The zero-order chi connectivity index (χ0) is 45.5. The predicted octanol–water partition coefficient (Wildman–Crippen LogP) is 10.6. The minimum absolute atomic E-state index is 0.0643. The van der Waals surface area contributed by atoms with E-state index in [1.807, 2.05) is 146 Å². The third-order valence-electron chi connectivity index (χ3n) is 11.6. The summed E-state index contributed by atoms with van der Waals surface area (Å²) in [5, 5.41) is 0.592. The van der Waals surface area contributed by atoms with Gasteiger partial charge in [0.15, 0.2) is 5.78 Å². The highest BCUT2D eigenvalue weighted by Crippen LogP contribution is 2.42. The van der Waals surface area contributed by atoms with Crippen molar-refractivity contribution in [3.8, 4) is 28.7 Å². The monoisotopic (exact) mass is 900 g/mol. The molecule has 340 valence electrons. The number of methoxy groups -OCH3 is 4. The van der Waals surface area contributed by atoms with E-state index >= 15 is 4.79 Å². The van der Waals surface area contributed by atoms with Gasteiger partial charge in [-0.15, -0.1) is 0 Å². The maximum absolute atomic E-state index is 15.6. The number of hydrogen-bond donors (Lipinski definition) is 0. The van der Waals surface area contributed by atoms with Crippen molar-refractivity contribution in [1.29, 1.82) is 0 Å². The van der Waals surface area contributed by atoms with Gasteiger partial charge in [-0.2, -0.15) is 0 Å². The maximum Gasteiger partial charge on any atom is 0.151 e. The number of benzene rings is 6. The fraction of sp³-hybridized carbons (Fsp3) is 0.315. The maximum atomic E-state index is 15.6. The van der Waals surface area contributed by atoms with Gasteiger partial charge in [-0.3, -0.25) is 4.79 Å². The van der Waals surface area contributed by atoms with Crippen LogP contribution in [0, 0.1) is 5.92 Å². The van der Waals surface area contributed by atoms with Crippen molar-refractivity contribution in [2.75, 3.05) is 41.7 Å². The Bertz CT molecular complexity index is 2390. The lowest BCUT2D eigenvalue weighted by Gasteiger charge is -2.45. The largest absolute Gasteiger partial charge is 0.497 e. The summed E-state index contributed by atoms with van der Waals surface area (Å²) in [7, 11) is 6.53. The number of ketones is 1. The van der Waals surface area contributed by atoms with Gasteiger partial charge in [0, 0.05) is 5.02 Å². The molecule has 1 aliphatic carbocycles. The van der Waals surface area contributed by atoms with E-state index in [2.05, 4.69) is 0 Å². The van der Waals surface area contributed by atoms with Crippen molar-refractivity contribution >= 4 is 17.4 Å². The van der Waals surface area contributed by atoms with Gasteiger partial charge in [0.2, 0.25) is 0 Å². The molecule has 0 unspecified atom stereocenters. The quantitative estimate of drug-likeness (QED) is 0.0655. The van der Waals surface area contributed by atoms with Crippen molar-refractivity contribution in [1.82, 2.24) is 0 Å². The number of hydrogen-bond acceptors (Lipinski definition) is 10. The summed E-state index contributed by atoms with van der Waals surface area (Å²) < 4.78 is 54.8. The average molecular weight is 901 g/mol. The zero-order valence-electron chi connectivity index (χ0n) is 37.6. The van der Waals surface area contributed by atoms with Crippen LogP contribution in [-0.4, -0.2) is 65.7 Å². The lowest BCUT2D eigenvalue weighted by atomic mass is 9.71. The van der Waals surface area contributed by atoms with E-state index in [1.165, 1.54) is 0 Å². The molecule has 1 saturated carbocycles. The summed E-state index contributed by atoms with van der Waals surface area (Å²) >= 11 is 6.95. The summed E-state index contributed by atoms with van der Waals surface area (Å²) in [4.78, 5) is 15.6. The van der Waals surface area contributed by atoms with E-state index in [0.717, 1.165) is 67.7 Å². The predicted molar refractivity (Wildman–Crippen MR) is 250 cm³/mol. The van der Waals surface area contributed by atoms with Crippen molar-refractivity contribution in [2.45, 2.75) is 64.0 Å². The SMILES string of the molecule is CCOc1ccc(Cc2cc([C@@H]3C(=O)[C@H](COCc4ccc(OC)cc4)[C@@H](OCc4ccc(OC)cc4)[C@H](OCc4ccc(OC)cc4)[C@H]3OCc3ccc(OC)cc3)ccc2Cl)cc1. The molecule has 0 N–H and O–H groups in total.